The number of allylic oxidation sites excluding steroid dienone is 2. The topological polar surface area (TPSA) is 55.8 Å². The first-order valence-corrected chi connectivity index (χ1v) is 8.32. The molecule has 4 heteroatoms. The van der Waals surface area contributed by atoms with Crippen LogP contribution in [0.4, 0.5) is 0 Å². The number of ether oxygens (including phenoxy) is 2. The van der Waals surface area contributed by atoms with E-state index in [9.17, 15) is 4.79 Å². The minimum absolute atomic E-state index is 0.243. The van der Waals surface area contributed by atoms with Gasteiger partial charge >= 0.3 is 5.97 Å². The van der Waals surface area contributed by atoms with Gasteiger partial charge in [0.15, 0.2) is 0 Å². The Labute approximate surface area is 138 Å². The van der Waals surface area contributed by atoms with Crippen LogP contribution in [0, 0.1) is 11.8 Å². The van der Waals surface area contributed by atoms with Gasteiger partial charge in [-0.05, 0) is 30.7 Å². The summed E-state index contributed by atoms with van der Waals surface area (Å²) in [5.74, 6) is 0.224. The maximum absolute atomic E-state index is 10.4. The summed E-state index contributed by atoms with van der Waals surface area (Å²) in [4.78, 5) is 10.4. The fraction of sp³-hybridized carbons (Fsp3) is 0.526. The predicted octanol–water partition coefficient (Wildman–Crippen LogP) is 3.67. The molecule has 4 nitrogen and oxygen atoms in total. The molecule has 2 atom stereocenters. The van der Waals surface area contributed by atoms with Crippen molar-refractivity contribution in [1.82, 2.24) is 0 Å². The number of benzene rings is 1. The van der Waals surface area contributed by atoms with E-state index < -0.39 is 5.97 Å². The van der Waals surface area contributed by atoms with Crippen molar-refractivity contribution in [1.29, 1.82) is 0 Å². The van der Waals surface area contributed by atoms with Gasteiger partial charge in [0.1, 0.15) is 0 Å². The second kappa shape index (κ2) is 10.2. The molecule has 0 unspecified atom stereocenters. The minimum Gasteiger partial charge on any atom is -0.481 e. The van der Waals surface area contributed by atoms with Crippen LogP contribution in [0.5, 0.6) is 0 Å². The molecule has 1 heterocycles. The van der Waals surface area contributed by atoms with Crippen LogP contribution in [0.2, 0.25) is 0 Å². The van der Waals surface area contributed by atoms with Crippen LogP contribution in [0.25, 0.3) is 0 Å². The fourth-order valence-corrected chi connectivity index (χ4v) is 2.75. The quantitative estimate of drug-likeness (QED) is 0.528. The monoisotopic (exact) mass is 318 g/mol. The summed E-state index contributed by atoms with van der Waals surface area (Å²) < 4.78 is 11.4. The van der Waals surface area contributed by atoms with Crippen LogP contribution in [-0.4, -0.2) is 30.9 Å². The molecule has 0 aliphatic carbocycles. The molecule has 0 amide bonds. The number of carboxylic acid groups (broad SMARTS) is 1. The van der Waals surface area contributed by atoms with Gasteiger partial charge in [-0.1, -0.05) is 42.5 Å². The molecule has 0 spiro atoms. The highest BCUT2D eigenvalue weighted by Crippen LogP contribution is 2.25. The lowest BCUT2D eigenvalue weighted by atomic mass is 9.93. The third-order valence-corrected chi connectivity index (χ3v) is 4.14. The molecule has 2 rings (SSSR count). The zero-order chi connectivity index (χ0) is 16.3. The smallest absolute Gasteiger partial charge is 0.303 e. The van der Waals surface area contributed by atoms with Crippen LogP contribution in [0.1, 0.15) is 31.2 Å². The molecule has 0 saturated carbocycles. The van der Waals surface area contributed by atoms with Gasteiger partial charge in [0.25, 0.3) is 0 Å². The number of aliphatic carboxylic acids is 1. The molecule has 1 fully saturated rings. The van der Waals surface area contributed by atoms with Gasteiger partial charge in [-0.3, -0.25) is 4.79 Å². The van der Waals surface area contributed by atoms with Gasteiger partial charge in [0.05, 0.1) is 26.4 Å². The lowest BCUT2D eigenvalue weighted by Crippen LogP contribution is -2.18. The van der Waals surface area contributed by atoms with Gasteiger partial charge in [-0.2, -0.15) is 0 Å². The SMILES string of the molecule is O=C(O)CCCC=CC[C@H]1COC[C@H]1COCc1ccccc1. The number of hydrogen-bond donors (Lipinski definition) is 1. The van der Waals surface area contributed by atoms with Crippen LogP contribution in [0.3, 0.4) is 0 Å². The molecule has 1 aliphatic heterocycles. The third-order valence-electron chi connectivity index (χ3n) is 4.14. The Hall–Kier alpha value is -1.65. The number of rotatable bonds is 10. The minimum atomic E-state index is -0.724. The molecule has 0 bridgehead atoms. The van der Waals surface area contributed by atoms with E-state index in [0.29, 0.717) is 24.9 Å². The molecule has 0 aromatic heterocycles. The van der Waals surface area contributed by atoms with E-state index in [2.05, 4.69) is 24.3 Å². The molecule has 126 valence electrons. The summed E-state index contributed by atoms with van der Waals surface area (Å²) >= 11 is 0. The summed E-state index contributed by atoms with van der Waals surface area (Å²) in [5.41, 5.74) is 1.20. The first kappa shape index (κ1) is 17.7. The summed E-state index contributed by atoms with van der Waals surface area (Å²) in [7, 11) is 0. The van der Waals surface area contributed by atoms with Crippen molar-refractivity contribution in [2.75, 3.05) is 19.8 Å². The van der Waals surface area contributed by atoms with E-state index in [0.717, 1.165) is 32.7 Å². The number of unbranched alkanes of at least 4 members (excludes halogenated alkanes) is 1. The molecule has 1 aliphatic rings. The molecule has 1 aromatic rings. The molecular weight excluding hydrogens is 292 g/mol. The van der Waals surface area contributed by atoms with Crippen molar-refractivity contribution < 1.29 is 19.4 Å². The van der Waals surface area contributed by atoms with Gasteiger partial charge in [-0.25, -0.2) is 0 Å². The fourth-order valence-electron chi connectivity index (χ4n) is 2.75. The summed E-state index contributed by atoms with van der Waals surface area (Å²) in [6.45, 7) is 2.94. The average Bonchev–Trinajstić information content (AvgIpc) is 2.99. The van der Waals surface area contributed by atoms with E-state index in [4.69, 9.17) is 14.6 Å². The molecular formula is C19H26O4. The zero-order valence-corrected chi connectivity index (χ0v) is 13.5. The average molecular weight is 318 g/mol. The Morgan fingerprint density at radius 3 is 2.78 bits per heavy atom. The lowest BCUT2D eigenvalue weighted by Gasteiger charge is -2.16. The zero-order valence-electron chi connectivity index (χ0n) is 13.5. The molecule has 23 heavy (non-hydrogen) atoms. The van der Waals surface area contributed by atoms with Crippen LogP contribution in [-0.2, 0) is 20.9 Å². The highest BCUT2D eigenvalue weighted by molar-refractivity contribution is 5.66. The van der Waals surface area contributed by atoms with Crippen molar-refractivity contribution in [3.05, 3.63) is 48.0 Å². The van der Waals surface area contributed by atoms with E-state index in [1.807, 2.05) is 18.2 Å². The summed E-state index contributed by atoms with van der Waals surface area (Å²) in [5, 5.41) is 8.59. The summed E-state index contributed by atoms with van der Waals surface area (Å²) in [6, 6.07) is 10.2. The number of carboxylic acids is 1. The van der Waals surface area contributed by atoms with E-state index in [1.54, 1.807) is 0 Å². The third kappa shape index (κ3) is 6.97. The molecule has 1 saturated heterocycles. The van der Waals surface area contributed by atoms with Crippen LogP contribution in [0.15, 0.2) is 42.5 Å². The van der Waals surface area contributed by atoms with Crippen molar-refractivity contribution >= 4 is 5.97 Å². The first-order valence-electron chi connectivity index (χ1n) is 8.32. The van der Waals surface area contributed by atoms with Gasteiger partial charge in [-0.15, -0.1) is 0 Å². The molecule has 0 radical (unpaired) electrons. The normalized spacial score (nSPS) is 21.0. The van der Waals surface area contributed by atoms with Gasteiger partial charge in [0.2, 0.25) is 0 Å². The Balaban J connectivity index is 1.62. The maximum Gasteiger partial charge on any atom is 0.303 e. The van der Waals surface area contributed by atoms with Gasteiger partial charge < -0.3 is 14.6 Å². The Morgan fingerprint density at radius 1 is 1.22 bits per heavy atom. The number of hydrogen-bond acceptors (Lipinski definition) is 3. The molecule has 1 aromatic carbocycles. The predicted molar refractivity (Wildman–Crippen MR) is 89.1 cm³/mol. The number of carbonyl (C=O) groups is 1. The highest BCUT2D eigenvalue weighted by Gasteiger charge is 2.27. The Bertz CT molecular complexity index is 483. The van der Waals surface area contributed by atoms with Crippen molar-refractivity contribution in [3.8, 4) is 0 Å². The van der Waals surface area contributed by atoms with E-state index >= 15 is 0 Å². The van der Waals surface area contributed by atoms with E-state index in [-0.39, 0.29) is 6.42 Å². The van der Waals surface area contributed by atoms with Crippen molar-refractivity contribution in [2.45, 2.75) is 32.3 Å². The Kier molecular flexibility index (Phi) is 7.84. The van der Waals surface area contributed by atoms with Crippen LogP contribution < -0.4 is 0 Å². The second-order valence-electron chi connectivity index (χ2n) is 6.05. The highest BCUT2D eigenvalue weighted by atomic mass is 16.5. The van der Waals surface area contributed by atoms with Gasteiger partial charge in [0, 0.05) is 12.3 Å². The second-order valence-corrected chi connectivity index (χ2v) is 6.05. The lowest BCUT2D eigenvalue weighted by molar-refractivity contribution is -0.137. The van der Waals surface area contributed by atoms with Crippen molar-refractivity contribution in [2.24, 2.45) is 11.8 Å². The molecule has 1 N–H and O–H groups in total. The van der Waals surface area contributed by atoms with E-state index in [1.165, 1.54) is 5.56 Å². The Morgan fingerprint density at radius 2 is 2.00 bits per heavy atom. The first-order chi connectivity index (χ1) is 11.3. The summed E-state index contributed by atoms with van der Waals surface area (Å²) in [6.07, 6.45) is 7.00. The largest absolute Gasteiger partial charge is 0.481 e. The van der Waals surface area contributed by atoms with Crippen LogP contribution >= 0.6 is 0 Å². The maximum atomic E-state index is 10.4. The van der Waals surface area contributed by atoms with Crippen molar-refractivity contribution in [3.63, 3.8) is 0 Å². The standard InChI is InChI=1S/C19H26O4/c20-19(21)11-7-2-1-6-10-17-13-23-15-18(17)14-22-12-16-8-4-3-5-9-16/h1,3-6,8-9,17-18H,2,7,10-15H2,(H,20,21)/t17-,18+/m0/s1.